The van der Waals surface area contributed by atoms with Gasteiger partial charge >= 0.3 is 0 Å². The van der Waals surface area contributed by atoms with E-state index in [9.17, 15) is 4.79 Å². The molecule has 0 N–H and O–H groups in total. The Morgan fingerprint density at radius 1 is 1.05 bits per heavy atom. The highest BCUT2D eigenvalue weighted by Gasteiger charge is 2.10. The Bertz CT molecular complexity index is 759. The van der Waals surface area contributed by atoms with Crippen molar-refractivity contribution in [2.75, 3.05) is 6.61 Å². The Morgan fingerprint density at radius 2 is 1.85 bits per heavy atom. The number of ketones is 1. The third-order valence-electron chi connectivity index (χ3n) is 2.96. The van der Waals surface area contributed by atoms with E-state index in [0.717, 1.165) is 16.5 Å². The first kappa shape index (κ1) is 13.2. The van der Waals surface area contributed by atoms with Crippen LogP contribution >= 0.6 is 22.9 Å². The van der Waals surface area contributed by atoms with Gasteiger partial charge in [0.25, 0.3) is 0 Å². The van der Waals surface area contributed by atoms with E-state index in [1.165, 1.54) is 11.3 Å². The van der Waals surface area contributed by atoms with Crippen LogP contribution in [0.3, 0.4) is 0 Å². The van der Waals surface area contributed by atoms with Crippen LogP contribution in [0.4, 0.5) is 0 Å². The molecule has 0 fully saturated rings. The van der Waals surface area contributed by atoms with Gasteiger partial charge in [0.05, 0.1) is 9.21 Å². The van der Waals surface area contributed by atoms with Crippen LogP contribution in [0.1, 0.15) is 9.67 Å². The second-order valence-electron chi connectivity index (χ2n) is 4.29. The largest absolute Gasteiger partial charge is 0.485 e. The van der Waals surface area contributed by atoms with Gasteiger partial charge in [-0.2, -0.15) is 0 Å². The molecule has 2 nitrogen and oxygen atoms in total. The molecule has 4 heteroatoms. The van der Waals surface area contributed by atoms with E-state index in [1.54, 1.807) is 12.1 Å². The number of carbonyl (C=O) groups excluding carboxylic acids is 1. The molecule has 0 amide bonds. The van der Waals surface area contributed by atoms with Gasteiger partial charge in [-0.15, -0.1) is 11.3 Å². The molecule has 0 atom stereocenters. The van der Waals surface area contributed by atoms with Crippen molar-refractivity contribution in [3.63, 3.8) is 0 Å². The summed E-state index contributed by atoms with van der Waals surface area (Å²) in [6, 6.07) is 17.2. The maximum atomic E-state index is 12.0. The standard InChI is InChI=1S/C16H11ClO2S/c17-16-9-8-15(20-16)13(18)10-19-14-7-3-5-11-4-1-2-6-12(11)14/h1-9H,10H2. The summed E-state index contributed by atoms with van der Waals surface area (Å²) in [6.45, 7) is 0.0187. The van der Waals surface area contributed by atoms with Crippen LogP contribution in [-0.4, -0.2) is 12.4 Å². The Hall–Kier alpha value is -1.84. The molecule has 1 heterocycles. The Balaban J connectivity index is 1.79. The zero-order valence-electron chi connectivity index (χ0n) is 10.5. The van der Waals surface area contributed by atoms with Crippen LogP contribution in [0.15, 0.2) is 54.6 Å². The minimum absolute atomic E-state index is 0.0187. The molecule has 100 valence electrons. The second-order valence-corrected chi connectivity index (χ2v) is 6.01. The van der Waals surface area contributed by atoms with Gasteiger partial charge in [0, 0.05) is 5.39 Å². The predicted octanol–water partition coefficient (Wildman–Crippen LogP) is 4.82. The highest BCUT2D eigenvalue weighted by atomic mass is 35.5. The smallest absolute Gasteiger partial charge is 0.210 e. The first-order chi connectivity index (χ1) is 9.74. The van der Waals surface area contributed by atoms with Crippen molar-refractivity contribution < 1.29 is 9.53 Å². The molecule has 0 aliphatic heterocycles. The molecule has 0 aliphatic carbocycles. The Kier molecular flexibility index (Phi) is 3.72. The number of hydrogen-bond acceptors (Lipinski definition) is 3. The first-order valence-corrected chi connectivity index (χ1v) is 7.32. The zero-order chi connectivity index (χ0) is 13.9. The predicted molar refractivity (Wildman–Crippen MR) is 83.1 cm³/mol. The Morgan fingerprint density at radius 3 is 2.65 bits per heavy atom. The molecule has 3 rings (SSSR count). The maximum Gasteiger partial charge on any atom is 0.210 e. The lowest BCUT2D eigenvalue weighted by atomic mass is 10.1. The monoisotopic (exact) mass is 302 g/mol. The molecule has 0 aliphatic rings. The van der Waals surface area contributed by atoms with Crippen LogP contribution in [0.25, 0.3) is 10.8 Å². The number of hydrogen-bond donors (Lipinski definition) is 0. The molecular weight excluding hydrogens is 292 g/mol. The van der Waals surface area contributed by atoms with E-state index < -0.39 is 0 Å². The van der Waals surface area contributed by atoms with Crippen molar-refractivity contribution in [2.24, 2.45) is 0 Å². The summed E-state index contributed by atoms with van der Waals surface area (Å²) in [5, 5.41) is 2.10. The summed E-state index contributed by atoms with van der Waals surface area (Å²) in [5.74, 6) is 0.661. The SMILES string of the molecule is O=C(COc1cccc2ccccc12)c1ccc(Cl)s1. The number of benzene rings is 2. The van der Waals surface area contributed by atoms with Crippen LogP contribution in [0.2, 0.25) is 4.34 Å². The lowest BCUT2D eigenvalue weighted by Crippen LogP contribution is -2.10. The van der Waals surface area contributed by atoms with E-state index in [-0.39, 0.29) is 12.4 Å². The number of carbonyl (C=O) groups is 1. The lowest BCUT2D eigenvalue weighted by Gasteiger charge is -2.08. The highest BCUT2D eigenvalue weighted by Crippen LogP contribution is 2.26. The van der Waals surface area contributed by atoms with Crippen molar-refractivity contribution in [3.05, 3.63) is 63.8 Å². The molecule has 0 saturated heterocycles. The fourth-order valence-corrected chi connectivity index (χ4v) is 2.97. The van der Waals surface area contributed by atoms with Crippen molar-refractivity contribution in [2.45, 2.75) is 0 Å². The van der Waals surface area contributed by atoms with Gasteiger partial charge in [0.2, 0.25) is 5.78 Å². The molecule has 0 bridgehead atoms. The first-order valence-electron chi connectivity index (χ1n) is 6.13. The quantitative estimate of drug-likeness (QED) is 0.646. The fourth-order valence-electron chi connectivity index (χ4n) is 2.00. The van der Waals surface area contributed by atoms with Crippen molar-refractivity contribution >= 4 is 39.5 Å². The van der Waals surface area contributed by atoms with Gasteiger partial charge < -0.3 is 4.74 Å². The van der Waals surface area contributed by atoms with Crippen LogP contribution in [0, 0.1) is 0 Å². The molecule has 1 aromatic heterocycles. The van der Waals surface area contributed by atoms with Gasteiger partial charge in [-0.1, -0.05) is 48.0 Å². The van der Waals surface area contributed by atoms with Crippen molar-refractivity contribution in [1.29, 1.82) is 0 Å². The molecule has 0 radical (unpaired) electrons. The normalized spacial score (nSPS) is 10.7. The summed E-state index contributed by atoms with van der Waals surface area (Å²) in [7, 11) is 0. The topological polar surface area (TPSA) is 26.3 Å². The minimum atomic E-state index is -0.0603. The maximum absolute atomic E-state index is 12.0. The summed E-state index contributed by atoms with van der Waals surface area (Å²) in [5.41, 5.74) is 0. The number of thiophene rings is 1. The summed E-state index contributed by atoms with van der Waals surface area (Å²) < 4.78 is 6.27. The highest BCUT2D eigenvalue weighted by molar-refractivity contribution is 7.18. The number of Topliss-reactive ketones (excluding diaryl/α,β-unsaturated/α-hetero) is 1. The van der Waals surface area contributed by atoms with Gasteiger partial charge in [-0.25, -0.2) is 0 Å². The fraction of sp³-hybridized carbons (Fsp3) is 0.0625. The molecule has 3 aromatic rings. The third-order valence-corrected chi connectivity index (χ3v) is 4.23. The van der Waals surface area contributed by atoms with E-state index >= 15 is 0 Å². The number of fused-ring (bicyclic) bond motifs is 1. The van der Waals surface area contributed by atoms with E-state index in [1.807, 2.05) is 42.5 Å². The number of ether oxygens (including phenoxy) is 1. The number of rotatable bonds is 4. The Labute approximate surface area is 125 Å². The summed E-state index contributed by atoms with van der Waals surface area (Å²) in [4.78, 5) is 12.6. The summed E-state index contributed by atoms with van der Waals surface area (Å²) in [6.07, 6.45) is 0. The number of halogens is 1. The zero-order valence-corrected chi connectivity index (χ0v) is 12.1. The van der Waals surface area contributed by atoms with E-state index in [4.69, 9.17) is 16.3 Å². The average Bonchev–Trinajstić information content (AvgIpc) is 2.91. The summed E-state index contributed by atoms with van der Waals surface area (Å²) >= 11 is 7.10. The minimum Gasteiger partial charge on any atom is -0.485 e. The van der Waals surface area contributed by atoms with Gasteiger partial charge in [0.1, 0.15) is 5.75 Å². The third kappa shape index (κ3) is 2.69. The molecule has 0 spiro atoms. The molecule has 20 heavy (non-hydrogen) atoms. The van der Waals surface area contributed by atoms with Crippen molar-refractivity contribution in [1.82, 2.24) is 0 Å². The van der Waals surface area contributed by atoms with E-state index in [2.05, 4.69) is 0 Å². The van der Waals surface area contributed by atoms with Crippen LogP contribution in [-0.2, 0) is 0 Å². The van der Waals surface area contributed by atoms with Gasteiger partial charge in [-0.05, 0) is 23.6 Å². The van der Waals surface area contributed by atoms with E-state index in [0.29, 0.717) is 9.21 Å². The van der Waals surface area contributed by atoms with Crippen molar-refractivity contribution in [3.8, 4) is 5.75 Å². The van der Waals surface area contributed by atoms with Crippen LogP contribution in [0.5, 0.6) is 5.75 Å². The average molecular weight is 303 g/mol. The van der Waals surface area contributed by atoms with Gasteiger partial charge in [0.15, 0.2) is 6.61 Å². The molecular formula is C16H11ClO2S. The van der Waals surface area contributed by atoms with Crippen LogP contribution < -0.4 is 4.74 Å². The lowest BCUT2D eigenvalue weighted by molar-refractivity contribution is 0.0927. The second kappa shape index (κ2) is 5.65. The molecule has 0 unspecified atom stereocenters. The molecule has 0 saturated carbocycles. The molecule has 2 aromatic carbocycles. The van der Waals surface area contributed by atoms with Gasteiger partial charge in [-0.3, -0.25) is 4.79 Å².